The lowest BCUT2D eigenvalue weighted by Crippen LogP contribution is -2.41. The Bertz CT molecular complexity index is 269. The summed E-state index contributed by atoms with van der Waals surface area (Å²) in [7, 11) is 0. The first-order chi connectivity index (χ1) is 9.40. The van der Waals surface area contributed by atoms with Gasteiger partial charge in [0.15, 0.2) is 0 Å². The molecule has 0 radical (unpaired) electrons. The lowest BCUT2D eigenvalue weighted by Gasteiger charge is -2.32. The average Bonchev–Trinajstić information content (AvgIpc) is 2.38. The van der Waals surface area contributed by atoms with Crippen LogP contribution in [0.4, 0.5) is 0 Å². The number of hydrogen-bond donors (Lipinski definition) is 1. The average molecular weight is 282 g/mol. The van der Waals surface area contributed by atoms with Gasteiger partial charge < -0.3 is 10.6 Å². The maximum Gasteiger partial charge on any atom is 0.225 e. The third kappa shape index (κ3) is 6.25. The van der Waals surface area contributed by atoms with Crippen LogP contribution in [0.15, 0.2) is 0 Å². The number of carbonyl (C=O) groups excluding carboxylic acids is 1. The van der Waals surface area contributed by atoms with E-state index in [0.717, 1.165) is 51.6 Å². The summed E-state index contributed by atoms with van der Waals surface area (Å²) in [6.07, 6.45) is 6.21. The highest BCUT2D eigenvalue weighted by atomic mass is 16.2. The second kappa shape index (κ2) is 8.66. The lowest BCUT2D eigenvalue weighted by atomic mass is 9.85. The Kier molecular flexibility index (Phi) is 7.57. The van der Waals surface area contributed by atoms with Gasteiger partial charge in [0.1, 0.15) is 0 Å². The summed E-state index contributed by atoms with van der Waals surface area (Å²) < 4.78 is 0. The maximum absolute atomic E-state index is 12.7. The fourth-order valence-electron chi connectivity index (χ4n) is 2.78. The highest BCUT2D eigenvalue weighted by molar-refractivity contribution is 5.78. The summed E-state index contributed by atoms with van der Waals surface area (Å²) >= 11 is 0. The lowest BCUT2D eigenvalue weighted by molar-refractivity contribution is -0.137. The van der Waals surface area contributed by atoms with Crippen molar-refractivity contribution in [1.29, 1.82) is 0 Å². The van der Waals surface area contributed by atoms with Crippen molar-refractivity contribution in [2.45, 2.75) is 72.3 Å². The molecule has 0 aliphatic heterocycles. The smallest absolute Gasteiger partial charge is 0.225 e. The normalized spacial score (nSPS) is 23.4. The largest absolute Gasteiger partial charge is 0.342 e. The Morgan fingerprint density at radius 3 is 1.85 bits per heavy atom. The molecule has 0 aromatic heterocycles. The zero-order chi connectivity index (χ0) is 15.1. The molecule has 0 spiro atoms. The van der Waals surface area contributed by atoms with Crippen molar-refractivity contribution in [3.8, 4) is 0 Å². The Morgan fingerprint density at radius 2 is 1.45 bits per heavy atom. The van der Waals surface area contributed by atoms with Crippen LogP contribution in [0, 0.1) is 17.8 Å². The van der Waals surface area contributed by atoms with Crippen LogP contribution in [0.3, 0.4) is 0 Å². The molecule has 1 amide bonds. The molecule has 0 heterocycles. The van der Waals surface area contributed by atoms with Gasteiger partial charge in [0.2, 0.25) is 5.91 Å². The number of amides is 1. The summed E-state index contributed by atoms with van der Waals surface area (Å²) in [6.45, 7) is 10.8. The molecule has 1 rings (SSSR count). The van der Waals surface area contributed by atoms with E-state index in [0.29, 0.717) is 23.8 Å². The quantitative estimate of drug-likeness (QED) is 0.777. The standard InChI is InChI=1S/C17H34N2O/c1-13(2)9-11-19(12-10-14(3)4)17(20)15-5-7-16(18)8-6-15/h13-16H,5-12,18H2,1-4H3. The van der Waals surface area contributed by atoms with Gasteiger partial charge in [-0.2, -0.15) is 0 Å². The summed E-state index contributed by atoms with van der Waals surface area (Å²) in [5.74, 6) is 1.93. The Hall–Kier alpha value is -0.570. The van der Waals surface area contributed by atoms with E-state index in [-0.39, 0.29) is 5.92 Å². The van der Waals surface area contributed by atoms with Crippen molar-refractivity contribution in [1.82, 2.24) is 4.90 Å². The van der Waals surface area contributed by atoms with Gasteiger partial charge in [-0.25, -0.2) is 0 Å². The highest BCUT2D eigenvalue weighted by Gasteiger charge is 2.28. The van der Waals surface area contributed by atoms with E-state index in [1.54, 1.807) is 0 Å². The fourth-order valence-corrected chi connectivity index (χ4v) is 2.78. The minimum atomic E-state index is 0.231. The van der Waals surface area contributed by atoms with E-state index in [1.807, 2.05) is 0 Å². The van der Waals surface area contributed by atoms with Gasteiger partial charge >= 0.3 is 0 Å². The summed E-state index contributed by atoms with van der Waals surface area (Å²) in [5.41, 5.74) is 5.95. The van der Waals surface area contributed by atoms with Crippen LogP contribution in [0.2, 0.25) is 0 Å². The number of nitrogens with two attached hydrogens (primary N) is 1. The number of carbonyl (C=O) groups is 1. The minimum Gasteiger partial charge on any atom is -0.342 e. The molecule has 1 aliphatic rings. The van der Waals surface area contributed by atoms with Gasteiger partial charge in [0, 0.05) is 25.0 Å². The Morgan fingerprint density at radius 1 is 1.00 bits per heavy atom. The van der Waals surface area contributed by atoms with E-state index in [2.05, 4.69) is 32.6 Å². The van der Waals surface area contributed by atoms with Crippen LogP contribution in [0.1, 0.15) is 66.2 Å². The third-order valence-electron chi connectivity index (χ3n) is 4.39. The van der Waals surface area contributed by atoms with Crippen LogP contribution in [-0.4, -0.2) is 29.9 Å². The van der Waals surface area contributed by atoms with Crippen molar-refractivity contribution in [3.05, 3.63) is 0 Å². The zero-order valence-electron chi connectivity index (χ0n) is 13.9. The molecular formula is C17H34N2O. The fraction of sp³-hybridized carbons (Fsp3) is 0.941. The SMILES string of the molecule is CC(C)CCN(CCC(C)C)C(=O)C1CCC(N)CC1. The molecule has 0 unspecified atom stereocenters. The van der Waals surface area contributed by atoms with Crippen LogP contribution in [-0.2, 0) is 4.79 Å². The molecule has 1 aliphatic carbocycles. The first-order valence-corrected chi connectivity index (χ1v) is 8.44. The van der Waals surface area contributed by atoms with Crippen molar-refractivity contribution < 1.29 is 4.79 Å². The van der Waals surface area contributed by atoms with E-state index in [4.69, 9.17) is 5.73 Å². The molecule has 1 fully saturated rings. The van der Waals surface area contributed by atoms with Crippen LogP contribution in [0.25, 0.3) is 0 Å². The number of nitrogens with zero attached hydrogens (tertiary/aromatic N) is 1. The Labute approximate surface area is 125 Å². The number of hydrogen-bond acceptors (Lipinski definition) is 2. The highest BCUT2D eigenvalue weighted by Crippen LogP contribution is 2.25. The molecule has 0 atom stereocenters. The van der Waals surface area contributed by atoms with E-state index < -0.39 is 0 Å². The van der Waals surface area contributed by atoms with E-state index >= 15 is 0 Å². The first-order valence-electron chi connectivity index (χ1n) is 8.44. The van der Waals surface area contributed by atoms with Crippen LogP contribution >= 0.6 is 0 Å². The van der Waals surface area contributed by atoms with E-state index in [1.165, 1.54) is 0 Å². The molecule has 118 valence electrons. The predicted molar refractivity (Wildman–Crippen MR) is 85.4 cm³/mol. The molecule has 0 aromatic rings. The molecule has 3 nitrogen and oxygen atoms in total. The molecule has 0 saturated heterocycles. The molecule has 0 aromatic carbocycles. The third-order valence-corrected chi connectivity index (χ3v) is 4.39. The molecule has 20 heavy (non-hydrogen) atoms. The van der Waals surface area contributed by atoms with Crippen molar-refractivity contribution in [3.63, 3.8) is 0 Å². The topological polar surface area (TPSA) is 46.3 Å². The summed E-state index contributed by atoms with van der Waals surface area (Å²) in [4.78, 5) is 14.8. The van der Waals surface area contributed by atoms with E-state index in [9.17, 15) is 4.79 Å². The molecule has 3 heteroatoms. The first kappa shape index (κ1) is 17.5. The van der Waals surface area contributed by atoms with Crippen LogP contribution < -0.4 is 5.73 Å². The number of rotatable bonds is 7. The van der Waals surface area contributed by atoms with Gasteiger partial charge in [0.05, 0.1) is 0 Å². The van der Waals surface area contributed by atoms with Gasteiger partial charge in [-0.05, 0) is 50.4 Å². The predicted octanol–water partition coefficient (Wildman–Crippen LogP) is 3.42. The zero-order valence-corrected chi connectivity index (χ0v) is 13.9. The maximum atomic E-state index is 12.7. The second-order valence-corrected chi connectivity index (χ2v) is 7.30. The monoisotopic (exact) mass is 282 g/mol. The minimum absolute atomic E-state index is 0.231. The van der Waals surface area contributed by atoms with Crippen molar-refractivity contribution in [2.75, 3.05) is 13.1 Å². The van der Waals surface area contributed by atoms with Gasteiger partial charge in [-0.15, -0.1) is 0 Å². The van der Waals surface area contributed by atoms with Gasteiger partial charge in [-0.1, -0.05) is 27.7 Å². The van der Waals surface area contributed by atoms with Crippen LogP contribution in [0.5, 0.6) is 0 Å². The molecule has 0 bridgehead atoms. The summed E-state index contributed by atoms with van der Waals surface area (Å²) in [6, 6.07) is 0.318. The summed E-state index contributed by atoms with van der Waals surface area (Å²) in [5, 5.41) is 0. The van der Waals surface area contributed by atoms with Crippen molar-refractivity contribution >= 4 is 5.91 Å². The second-order valence-electron chi connectivity index (χ2n) is 7.30. The van der Waals surface area contributed by atoms with Gasteiger partial charge in [0.25, 0.3) is 0 Å². The van der Waals surface area contributed by atoms with Crippen molar-refractivity contribution in [2.24, 2.45) is 23.5 Å². The molecule has 2 N–H and O–H groups in total. The van der Waals surface area contributed by atoms with Gasteiger partial charge in [-0.3, -0.25) is 4.79 Å². The molecular weight excluding hydrogens is 248 g/mol. The Balaban J connectivity index is 2.53. The molecule has 1 saturated carbocycles.